The summed E-state index contributed by atoms with van der Waals surface area (Å²) in [5.41, 5.74) is 0.941. The average Bonchev–Trinajstić information content (AvgIpc) is 3.18. The molecule has 1 aliphatic rings. The summed E-state index contributed by atoms with van der Waals surface area (Å²) >= 11 is 1.27. The van der Waals surface area contributed by atoms with Gasteiger partial charge in [-0.1, -0.05) is 30.3 Å². The van der Waals surface area contributed by atoms with Gasteiger partial charge in [0.25, 0.3) is 0 Å². The molecule has 10 heteroatoms. The Bertz CT molecular complexity index is 1000. The SMILES string of the molecule is O=S(=O)(c1ccc(Sc2n[nH]c(-c3ccccc3)n2)nc1)N1CCOCC1. The number of H-pyrrole nitrogens is 1. The van der Waals surface area contributed by atoms with Gasteiger partial charge in [-0.2, -0.15) is 4.31 Å². The van der Waals surface area contributed by atoms with E-state index >= 15 is 0 Å². The molecule has 0 radical (unpaired) electrons. The topological polar surface area (TPSA) is 101 Å². The summed E-state index contributed by atoms with van der Waals surface area (Å²) in [6.45, 7) is 1.54. The normalized spacial score (nSPS) is 15.7. The second-order valence-corrected chi connectivity index (χ2v) is 8.71. The molecule has 3 aromatic rings. The van der Waals surface area contributed by atoms with Crippen LogP contribution in [0.4, 0.5) is 0 Å². The highest BCUT2D eigenvalue weighted by Crippen LogP contribution is 2.26. The minimum absolute atomic E-state index is 0.175. The smallest absolute Gasteiger partial charge is 0.244 e. The Balaban J connectivity index is 1.48. The van der Waals surface area contributed by atoms with E-state index in [0.29, 0.717) is 42.3 Å². The molecule has 1 fully saturated rings. The van der Waals surface area contributed by atoms with Gasteiger partial charge < -0.3 is 4.74 Å². The highest BCUT2D eigenvalue weighted by molar-refractivity contribution is 7.99. The Labute approximate surface area is 161 Å². The van der Waals surface area contributed by atoms with Gasteiger partial charge in [-0.05, 0) is 23.9 Å². The number of nitrogens with one attached hydrogen (secondary N) is 1. The minimum atomic E-state index is -3.54. The molecule has 1 N–H and O–H groups in total. The number of pyridine rings is 1. The lowest BCUT2D eigenvalue weighted by molar-refractivity contribution is 0.0730. The first-order chi connectivity index (χ1) is 13.1. The molecule has 27 heavy (non-hydrogen) atoms. The maximum atomic E-state index is 12.6. The molecule has 0 bridgehead atoms. The summed E-state index contributed by atoms with van der Waals surface area (Å²) in [6.07, 6.45) is 1.37. The van der Waals surface area contributed by atoms with Crippen LogP contribution in [0.5, 0.6) is 0 Å². The van der Waals surface area contributed by atoms with Crippen LogP contribution >= 0.6 is 11.8 Å². The number of aromatic nitrogens is 4. The molecule has 4 rings (SSSR count). The number of rotatable bonds is 5. The van der Waals surface area contributed by atoms with E-state index in [2.05, 4.69) is 20.2 Å². The molecule has 140 valence electrons. The minimum Gasteiger partial charge on any atom is -0.379 e. The Morgan fingerprint density at radius 1 is 1.07 bits per heavy atom. The fourth-order valence-corrected chi connectivity index (χ4v) is 4.64. The Hall–Kier alpha value is -2.27. The molecule has 8 nitrogen and oxygen atoms in total. The van der Waals surface area contributed by atoms with Gasteiger partial charge in [-0.15, -0.1) is 5.10 Å². The predicted molar refractivity (Wildman–Crippen MR) is 99.8 cm³/mol. The van der Waals surface area contributed by atoms with E-state index in [1.807, 2.05) is 30.3 Å². The number of hydrogen-bond acceptors (Lipinski definition) is 7. The van der Waals surface area contributed by atoms with Crippen LogP contribution in [0.2, 0.25) is 0 Å². The van der Waals surface area contributed by atoms with E-state index in [1.54, 1.807) is 12.1 Å². The summed E-state index contributed by atoms with van der Waals surface area (Å²) in [6, 6.07) is 12.9. The Morgan fingerprint density at radius 2 is 1.85 bits per heavy atom. The van der Waals surface area contributed by atoms with E-state index < -0.39 is 10.0 Å². The van der Waals surface area contributed by atoms with Crippen molar-refractivity contribution in [2.75, 3.05) is 26.3 Å². The van der Waals surface area contributed by atoms with E-state index in [9.17, 15) is 8.42 Å². The molecule has 0 saturated carbocycles. The zero-order valence-corrected chi connectivity index (χ0v) is 15.9. The van der Waals surface area contributed by atoms with E-state index in [1.165, 1.54) is 22.3 Å². The van der Waals surface area contributed by atoms with Crippen molar-refractivity contribution in [2.45, 2.75) is 15.1 Å². The number of nitrogens with zero attached hydrogens (tertiary/aromatic N) is 4. The van der Waals surface area contributed by atoms with Crippen LogP contribution in [-0.4, -0.2) is 59.2 Å². The first-order valence-electron chi connectivity index (χ1n) is 8.32. The molecule has 3 heterocycles. The lowest BCUT2D eigenvalue weighted by Gasteiger charge is -2.25. The maximum absolute atomic E-state index is 12.6. The van der Waals surface area contributed by atoms with Crippen molar-refractivity contribution in [1.82, 2.24) is 24.5 Å². The lowest BCUT2D eigenvalue weighted by Crippen LogP contribution is -2.40. The molecule has 0 atom stereocenters. The first-order valence-corrected chi connectivity index (χ1v) is 10.6. The van der Waals surface area contributed by atoms with E-state index in [4.69, 9.17) is 4.74 Å². The van der Waals surface area contributed by atoms with E-state index in [-0.39, 0.29) is 4.90 Å². The zero-order valence-electron chi connectivity index (χ0n) is 14.3. The second kappa shape index (κ2) is 7.77. The molecule has 2 aromatic heterocycles. The molecular formula is C17H17N5O3S2. The molecule has 0 aliphatic carbocycles. The third kappa shape index (κ3) is 4.03. The lowest BCUT2D eigenvalue weighted by atomic mass is 10.2. The van der Waals surface area contributed by atoms with E-state index in [0.717, 1.165) is 5.56 Å². The molecule has 0 spiro atoms. The van der Waals surface area contributed by atoms with Gasteiger partial charge in [-0.3, -0.25) is 5.10 Å². The van der Waals surface area contributed by atoms with Gasteiger partial charge in [0.15, 0.2) is 5.82 Å². The summed E-state index contributed by atoms with van der Waals surface area (Å²) in [5.74, 6) is 0.671. The average molecular weight is 403 g/mol. The molecule has 1 aromatic carbocycles. The van der Waals surface area contributed by atoms with Crippen molar-refractivity contribution in [3.8, 4) is 11.4 Å². The molecule has 0 unspecified atom stereocenters. The van der Waals surface area contributed by atoms with Gasteiger partial charge in [-0.25, -0.2) is 18.4 Å². The summed E-state index contributed by atoms with van der Waals surface area (Å²) in [7, 11) is -3.54. The largest absolute Gasteiger partial charge is 0.379 e. The third-order valence-electron chi connectivity index (χ3n) is 4.03. The zero-order chi connectivity index (χ0) is 18.7. The van der Waals surface area contributed by atoms with Crippen molar-refractivity contribution >= 4 is 21.8 Å². The van der Waals surface area contributed by atoms with Gasteiger partial charge >= 0.3 is 0 Å². The van der Waals surface area contributed by atoms with Crippen molar-refractivity contribution in [3.63, 3.8) is 0 Å². The van der Waals surface area contributed by atoms with Gasteiger partial charge in [0.2, 0.25) is 15.2 Å². The van der Waals surface area contributed by atoms with Crippen molar-refractivity contribution in [2.24, 2.45) is 0 Å². The number of benzene rings is 1. The number of hydrogen-bond donors (Lipinski definition) is 1. The fraction of sp³-hybridized carbons (Fsp3) is 0.235. The number of sulfonamides is 1. The van der Waals surface area contributed by atoms with Crippen LogP contribution in [0.1, 0.15) is 0 Å². The molecule has 1 aliphatic heterocycles. The van der Waals surface area contributed by atoms with Crippen LogP contribution in [0.3, 0.4) is 0 Å². The predicted octanol–water partition coefficient (Wildman–Crippen LogP) is 2.04. The van der Waals surface area contributed by atoms with Gasteiger partial charge in [0.05, 0.1) is 13.2 Å². The molecular weight excluding hydrogens is 386 g/mol. The Morgan fingerprint density at radius 3 is 2.56 bits per heavy atom. The Kier molecular flexibility index (Phi) is 5.21. The van der Waals surface area contributed by atoms with Gasteiger partial charge in [0.1, 0.15) is 9.92 Å². The van der Waals surface area contributed by atoms with Crippen molar-refractivity contribution in [3.05, 3.63) is 48.7 Å². The van der Waals surface area contributed by atoms with Crippen molar-refractivity contribution < 1.29 is 13.2 Å². The number of ether oxygens (including phenoxy) is 1. The van der Waals surface area contributed by atoms with Gasteiger partial charge in [0, 0.05) is 24.8 Å². The van der Waals surface area contributed by atoms with Crippen LogP contribution in [0.25, 0.3) is 11.4 Å². The molecule has 1 saturated heterocycles. The summed E-state index contributed by atoms with van der Waals surface area (Å²) in [4.78, 5) is 8.86. The summed E-state index contributed by atoms with van der Waals surface area (Å²) < 4.78 is 31.8. The van der Waals surface area contributed by atoms with Crippen LogP contribution in [-0.2, 0) is 14.8 Å². The quantitative estimate of drug-likeness (QED) is 0.696. The highest BCUT2D eigenvalue weighted by Gasteiger charge is 2.26. The highest BCUT2D eigenvalue weighted by atomic mass is 32.2. The standard InChI is InChI=1S/C17H17N5O3S2/c23-27(24,22-8-10-25-11-9-22)14-6-7-15(18-12-14)26-17-19-16(20-21-17)13-4-2-1-3-5-13/h1-7,12H,8-11H2,(H,19,20,21). The van der Waals surface area contributed by atoms with Crippen molar-refractivity contribution in [1.29, 1.82) is 0 Å². The van der Waals surface area contributed by atoms with Crippen LogP contribution < -0.4 is 0 Å². The molecule has 0 amide bonds. The number of morpholine rings is 1. The fourth-order valence-electron chi connectivity index (χ4n) is 2.63. The summed E-state index contributed by atoms with van der Waals surface area (Å²) in [5, 5.41) is 8.21. The first kappa shape index (κ1) is 18.1. The monoisotopic (exact) mass is 403 g/mol. The van der Waals surface area contributed by atoms with Crippen LogP contribution in [0, 0.1) is 0 Å². The van der Waals surface area contributed by atoms with Crippen LogP contribution in [0.15, 0.2) is 63.7 Å². The number of aromatic amines is 1. The third-order valence-corrected chi connectivity index (χ3v) is 6.72. The maximum Gasteiger partial charge on any atom is 0.244 e. The second-order valence-electron chi connectivity index (χ2n) is 5.78.